The number of aromatic nitrogens is 2. The highest BCUT2D eigenvalue weighted by Gasteiger charge is 2.23. The van der Waals surface area contributed by atoms with E-state index in [9.17, 15) is 0 Å². The van der Waals surface area contributed by atoms with Gasteiger partial charge in [0.05, 0.1) is 0 Å². The molecule has 3 rings (SSSR count). The van der Waals surface area contributed by atoms with Gasteiger partial charge in [-0.1, -0.05) is 32.6 Å². The van der Waals surface area contributed by atoms with Crippen LogP contribution < -0.4 is 0 Å². The van der Waals surface area contributed by atoms with Crippen LogP contribution in [-0.4, -0.2) is 9.97 Å². The van der Waals surface area contributed by atoms with E-state index in [1.54, 1.807) is 0 Å². The summed E-state index contributed by atoms with van der Waals surface area (Å²) in [6.07, 6.45) is 17.8. The van der Waals surface area contributed by atoms with Crippen molar-refractivity contribution < 1.29 is 0 Å². The minimum atomic E-state index is 0.633. The smallest absolute Gasteiger partial charge is 0.131 e. The summed E-state index contributed by atoms with van der Waals surface area (Å²) in [5, 5.41) is 0. The summed E-state index contributed by atoms with van der Waals surface area (Å²) in [6, 6.07) is 0. The number of hydrogen-bond acceptors (Lipinski definition) is 2. The van der Waals surface area contributed by atoms with Crippen LogP contribution >= 0.6 is 0 Å². The molecule has 0 radical (unpaired) electrons. The Balaban J connectivity index is 1.61. The Bertz CT molecular complexity index is 398. The highest BCUT2D eigenvalue weighted by atomic mass is 14.9. The number of rotatable bonds is 3. The fourth-order valence-electron chi connectivity index (χ4n) is 4.03. The second kappa shape index (κ2) is 6.69. The van der Waals surface area contributed by atoms with Gasteiger partial charge in [-0.15, -0.1) is 0 Å². The van der Waals surface area contributed by atoms with E-state index in [1.165, 1.54) is 69.8 Å². The first-order valence-corrected chi connectivity index (χ1v) is 8.68. The Hall–Kier alpha value is -0.920. The van der Waals surface area contributed by atoms with Crippen LogP contribution in [0.4, 0.5) is 0 Å². The number of hydrogen-bond donors (Lipinski definition) is 0. The lowest BCUT2D eigenvalue weighted by Gasteiger charge is -2.28. The van der Waals surface area contributed by atoms with Crippen molar-refractivity contribution in [2.45, 2.75) is 83.0 Å². The van der Waals surface area contributed by atoms with Crippen molar-refractivity contribution in [3.63, 3.8) is 0 Å². The van der Waals surface area contributed by atoms with Gasteiger partial charge in [0.2, 0.25) is 0 Å². The van der Waals surface area contributed by atoms with Crippen LogP contribution in [0.1, 0.15) is 94.4 Å². The predicted octanol–water partition coefficient (Wildman–Crippen LogP) is 5.21. The Labute approximate surface area is 123 Å². The molecule has 2 nitrogen and oxygen atoms in total. The first-order valence-electron chi connectivity index (χ1n) is 8.68. The van der Waals surface area contributed by atoms with Crippen molar-refractivity contribution in [1.29, 1.82) is 0 Å². The average Bonchev–Trinajstić information content (AvgIpc) is 2.56. The van der Waals surface area contributed by atoms with Gasteiger partial charge in [-0.25, -0.2) is 9.97 Å². The molecule has 2 fully saturated rings. The molecule has 110 valence electrons. The molecule has 2 saturated carbocycles. The molecule has 2 aliphatic carbocycles. The largest absolute Gasteiger partial charge is 0.241 e. The van der Waals surface area contributed by atoms with Gasteiger partial charge in [-0.2, -0.15) is 0 Å². The molecule has 0 unspecified atom stereocenters. The van der Waals surface area contributed by atoms with Gasteiger partial charge in [-0.05, 0) is 55.9 Å². The van der Waals surface area contributed by atoms with Gasteiger partial charge in [0.15, 0.2) is 0 Å². The predicted molar refractivity (Wildman–Crippen MR) is 82.8 cm³/mol. The van der Waals surface area contributed by atoms with E-state index in [-0.39, 0.29) is 0 Å². The molecule has 1 aromatic heterocycles. The summed E-state index contributed by atoms with van der Waals surface area (Å²) >= 11 is 0. The topological polar surface area (TPSA) is 25.8 Å². The molecule has 0 amide bonds. The maximum absolute atomic E-state index is 4.71. The van der Waals surface area contributed by atoms with Crippen molar-refractivity contribution in [2.24, 2.45) is 5.92 Å². The van der Waals surface area contributed by atoms with Crippen LogP contribution in [0.5, 0.6) is 0 Å². The van der Waals surface area contributed by atoms with Crippen LogP contribution in [0.25, 0.3) is 0 Å². The second-order valence-electron chi connectivity index (χ2n) is 6.84. The molecular weight excluding hydrogens is 244 g/mol. The maximum Gasteiger partial charge on any atom is 0.131 e. The molecule has 0 aliphatic heterocycles. The summed E-state index contributed by atoms with van der Waals surface area (Å²) in [4.78, 5) is 9.41. The molecule has 0 spiro atoms. The van der Waals surface area contributed by atoms with Crippen molar-refractivity contribution in [3.05, 3.63) is 23.8 Å². The van der Waals surface area contributed by atoms with E-state index < -0.39 is 0 Å². The van der Waals surface area contributed by atoms with Crippen molar-refractivity contribution >= 4 is 0 Å². The molecule has 20 heavy (non-hydrogen) atoms. The fourth-order valence-corrected chi connectivity index (χ4v) is 4.03. The molecule has 0 saturated heterocycles. The highest BCUT2D eigenvalue weighted by molar-refractivity contribution is 5.14. The van der Waals surface area contributed by atoms with Gasteiger partial charge in [0.25, 0.3) is 0 Å². The molecule has 1 aromatic rings. The summed E-state index contributed by atoms with van der Waals surface area (Å²) in [7, 11) is 0. The van der Waals surface area contributed by atoms with E-state index in [1.807, 2.05) is 0 Å². The zero-order valence-electron chi connectivity index (χ0n) is 12.9. The molecule has 0 aromatic carbocycles. The van der Waals surface area contributed by atoms with E-state index in [0.29, 0.717) is 5.92 Å². The van der Waals surface area contributed by atoms with Gasteiger partial charge in [0, 0.05) is 18.3 Å². The van der Waals surface area contributed by atoms with Crippen LogP contribution in [0.15, 0.2) is 12.4 Å². The van der Waals surface area contributed by atoms with E-state index in [2.05, 4.69) is 19.3 Å². The normalized spacial score (nSPS) is 28.4. The summed E-state index contributed by atoms with van der Waals surface area (Å²) in [5.74, 6) is 3.43. The molecule has 1 heterocycles. The maximum atomic E-state index is 4.71. The summed E-state index contributed by atoms with van der Waals surface area (Å²) in [5.41, 5.74) is 1.39. The Morgan fingerprint density at radius 2 is 1.50 bits per heavy atom. The van der Waals surface area contributed by atoms with Gasteiger partial charge in [0.1, 0.15) is 5.82 Å². The third kappa shape index (κ3) is 3.21. The lowest BCUT2D eigenvalue weighted by atomic mass is 9.78. The molecule has 2 heteroatoms. The van der Waals surface area contributed by atoms with E-state index >= 15 is 0 Å². The first-order chi connectivity index (χ1) is 9.86. The molecule has 0 bridgehead atoms. The molecule has 0 N–H and O–H groups in total. The zero-order chi connectivity index (χ0) is 13.8. The molecular formula is C18H28N2. The standard InChI is InChI=1S/C18H28N2/c1-2-14-8-10-15(11-9-14)17-12-19-18(20-13-17)16-6-4-3-5-7-16/h12-16H,2-11H2,1H3/t14-,15-. The third-order valence-electron chi connectivity index (χ3n) is 5.56. The van der Waals surface area contributed by atoms with Crippen LogP contribution in [-0.2, 0) is 0 Å². The minimum Gasteiger partial charge on any atom is -0.241 e. The SMILES string of the molecule is CC[C@H]1CC[C@H](c2cnc(C3CCCCC3)nc2)CC1. The average molecular weight is 272 g/mol. The second-order valence-corrected chi connectivity index (χ2v) is 6.84. The lowest BCUT2D eigenvalue weighted by Crippen LogP contribution is -2.14. The lowest BCUT2D eigenvalue weighted by molar-refractivity contribution is 0.318. The molecule has 0 atom stereocenters. The zero-order valence-corrected chi connectivity index (χ0v) is 12.9. The van der Waals surface area contributed by atoms with Crippen LogP contribution in [0.2, 0.25) is 0 Å². The minimum absolute atomic E-state index is 0.633. The Kier molecular flexibility index (Phi) is 4.69. The Morgan fingerprint density at radius 3 is 2.10 bits per heavy atom. The van der Waals surface area contributed by atoms with Crippen LogP contribution in [0.3, 0.4) is 0 Å². The van der Waals surface area contributed by atoms with Gasteiger partial charge in [-0.3, -0.25) is 0 Å². The number of nitrogens with zero attached hydrogens (tertiary/aromatic N) is 2. The van der Waals surface area contributed by atoms with Crippen molar-refractivity contribution in [1.82, 2.24) is 9.97 Å². The summed E-state index contributed by atoms with van der Waals surface area (Å²) < 4.78 is 0. The third-order valence-corrected chi connectivity index (χ3v) is 5.56. The summed E-state index contributed by atoms with van der Waals surface area (Å²) in [6.45, 7) is 2.33. The quantitative estimate of drug-likeness (QED) is 0.755. The first kappa shape index (κ1) is 14.0. The van der Waals surface area contributed by atoms with Crippen molar-refractivity contribution in [3.8, 4) is 0 Å². The molecule has 2 aliphatic rings. The fraction of sp³-hybridized carbons (Fsp3) is 0.778. The monoisotopic (exact) mass is 272 g/mol. The Morgan fingerprint density at radius 1 is 0.850 bits per heavy atom. The highest BCUT2D eigenvalue weighted by Crippen LogP contribution is 2.37. The van der Waals surface area contributed by atoms with Gasteiger partial charge < -0.3 is 0 Å². The van der Waals surface area contributed by atoms with E-state index in [4.69, 9.17) is 9.97 Å². The van der Waals surface area contributed by atoms with E-state index in [0.717, 1.165) is 17.7 Å². The van der Waals surface area contributed by atoms with Crippen molar-refractivity contribution in [2.75, 3.05) is 0 Å². The van der Waals surface area contributed by atoms with Gasteiger partial charge >= 0.3 is 0 Å². The van der Waals surface area contributed by atoms with Crippen LogP contribution in [0, 0.1) is 5.92 Å².